The van der Waals surface area contributed by atoms with Gasteiger partial charge in [-0.2, -0.15) is 0 Å². The summed E-state index contributed by atoms with van der Waals surface area (Å²) in [6, 6.07) is 13.5. The molecule has 0 radical (unpaired) electrons. The summed E-state index contributed by atoms with van der Waals surface area (Å²) in [6.07, 6.45) is 3.88. The fourth-order valence-corrected chi connectivity index (χ4v) is 2.84. The first-order valence-corrected chi connectivity index (χ1v) is 9.03. The monoisotopic (exact) mass is 352 g/mol. The Bertz CT molecular complexity index is 792. The number of hydrogen-bond donors (Lipinski definition) is 0. The molecule has 0 spiro atoms. The lowest BCUT2D eigenvalue weighted by atomic mass is 9.93. The summed E-state index contributed by atoms with van der Waals surface area (Å²) in [4.78, 5) is 37.7. The summed E-state index contributed by atoms with van der Waals surface area (Å²) >= 11 is 0. The van der Waals surface area contributed by atoms with E-state index in [-0.39, 0.29) is 17.7 Å². The van der Waals surface area contributed by atoms with Crippen molar-refractivity contribution in [3.05, 3.63) is 70.8 Å². The van der Waals surface area contributed by atoms with Gasteiger partial charge < -0.3 is 4.74 Å². The van der Waals surface area contributed by atoms with Gasteiger partial charge in [-0.1, -0.05) is 62.2 Å². The lowest BCUT2D eigenvalue weighted by Gasteiger charge is -2.10. The number of aryl methyl sites for hydroxylation is 1. The maximum absolute atomic E-state index is 12.8. The molecule has 0 aromatic heterocycles. The maximum atomic E-state index is 12.8. The normalized spacial score (nSPS) is 10.4. The van der Waals surface area contributed by atoms with E-state index in [4.69, 9.17) is 4.74 Å². The highest BCUT2D eigenvalue weighted by Crippen LogP contribution is 2.18. The van der Waals surface area contributed by atoms with Gasteiger partial charge in [0.05, 0.1) is 12.2 Å². The Kier molecular flexibility index (Phi) is 7.27. The number of carbonyl (C=O) groups is 3. The molecule has 2 rings (SSSR count). The van der Waals surface area contributed by atoms with E-state index in [2.05, 4.69) is 6.92 Å². The van der Waals surface area contributed by atoms with E-state index < -0.39 is 17.5 Å². The predicted octanol–water partition coefficient (Wildman–Crippen LogP) is 4.66. The van der Waals surface area contributed by atoms with E-state index in [9.17, 15) is 14.4 Å². The Balaban J connectivity index is 2.32. The Morgan fingerprint density at radius 1 is 0.769 bits per heavy atom. The topological polar surface area (TPSA) is 60.4 Å². The second-order valence-electron chi connectivity index (χ2n) is 6.04. The molecule has 0 fully saturated rings. The molecule has 0 aliphatic heterocycles. The van der Waals surface area contributed by atoms with Crippen LogP contribution in [-0.2, 0) is 11.2 Å². The fraction of sp³-hybridized carbons (Fsp3) is 0.318. The largest absolute Gasteiger partial charge is 0.462 e. The van der Waals surface area contributed by atoms with Crippen molar-refractivity contribution >= 4 is 17.5 Å². The van der Waals surface area contributed by atoms with Gasteiger partial charge in [0, 0.05) is 11.1 Å². The van der Waals surface area contributed by atoms with E-state index in [0.29, 0.717) is 5.56 Å². The molecule has 0 bridgehead atoms. The second kappa shape index (κ2) is 9.66. The van der Waals surface area contributed by atoms with Gasteiger partial charge in [0.2, 0.25) is 11.6 Å². The molecule has 0 heterocycles. The van der Waals surface area contributed by atoms with Gasteiger partial charge in [-0.05, 0) is 31.4 Å². The van der Waals surface area contributed by atoms with Gasteiger partial charge in [0.25, 0.3) is 0 Å². The molecule has 2 aromatic carbocycles. The smallest absolute Gasteiger partial charge is 0.338 e. The van der Waals surface area contributed by atoms with Crippen LogP contribution in [0, 0.1) is 0 Å². The summed E-state index contributed by atoms with van der Waals surface area (Å²) in [5, 5.41) is 0. The number of benzene rings is 2. The standard InChI is InChI=1S/C22H24O4/c1-3-5-6-11-16-12-7-8-13-17(16)20(23)21(24)18-14-9-10-15-19(18)22(25)26-4-2/h7-10,12-15H,3-6,11H2,1-2H3. The van der Waals surface area contributed by atoms with Crippen LogP contribution >= 0.6 is 0 Å². The summed E-state index contributed by atoms with van der Waals surface area (Å²) in [5.41, 5.74) is 1.48. The third-order valence-electron chi connectivity index (χ3n) is 4.18. The van der Waals surface area contributed by atoms with Crippen LogP contribution in [0.4, 0.5) is 0 Å². The van der Waals surface area contributed by atoms with Crippen LogP contribution in [0.3, 0.4) is 0 Å². The van der Waals surface area contributed by atoms with E-state index >= 15 is 0 Å². The van der Waals surface area contributed by atoms with E-state index in [1.54, 1.807) is 31.2 Å². The zero-order chi connectivity index (χ0) is 18.9. The summed E-state index contributed by atoms with van der Waals surface area (Å²) in [6.45, 7) is 4.02. The summed E-state index contributed by atoms with van der Waals surface area (Å²) < 4.78 is 4.99. The fourth-order valence-electron chi connectivity index (χ4n) is 2.84. The summed E-state index contributed by atoms with van der Waals surface area (Å²) in [5.74, 6) is -1.87. The van der Waals surface area contributed by atoms with Gasteiger partial charge in [-0.15, -0.1) is 0 Å². The third kappa shape index (κ3) is 4.66. The van der Waals surface area contributed by atoms with Crippen molar-refractivity contribution in [1.82, 2.24) is 0 Å². The minimum Gasteiger partial charge on any atom is -0.462 e. The van der Waals surface area contributed by atoms with Crippen molar-refractivity contribution < 1.29 is 19.1 Å². The number of esters is 1. The van der Waals surface area contributed by atoms with E-state index in [0.717, 1.165) is 31.2 Å². The molecule has 2 aromatic rings. The molecule has 0 saturated carbocycles. The van der Waals surface area contributed by atoms with Crippen LogP contribution in [0.15, 0.2) is 48.5 Å². The number of hydrogen-bond acceptors (Lipinski definition) is 4. The number of rotatable bonds is 9. The number of ether oxygens (including phenoxy) is 1. The van der Waals surface area contributed by atoms with E-state index in [1.165, 1.54) is 12.1 Å². The molecule has 4 nitrogen and oxygen atoms in total. The molecule has 0 saturated heterocycles. The first-order valence-electron chi connectivity index (χ1n) is 9.03. The molecule has 0 atom stereocenters. The van der Waals surface area contributed by atoms with Crippen molar-refractivity contribution in [3.8, 4) is 0 Å². The lowest BCUT2D eigenvalue weighted by molar-refractivity contribution is 0.0523. The minimum absolute atomic E-state index is 0.0827. The molecule has 26 heavy (non-hydrogen) atoms. The van der Waals surface area contributed by atoms with Gasteiger partial charge in [0.15, 0.2) is 0 Å². The molecular formula is C22H24O4. The Morgan fingerprint density at radius 2 is 1.35 bits per heavy atom. The Hall–Kier alpha value is -2.75. The average molecular weight is 352 g/mol. The van der Waals surface area contributed by atoms with E-state index in [1.807, 2.05) is 12.1 Å². The average Bonchev–Trinajstić information content (AvgIpc) is 2.67. The van der Waals surface area contributed by atoms with Gasteiger partial charge in [-0.25, -0.2) is 4.79 Å². The number of ketones is 2. The quantitative estimate of drug-likeness (QED) is 0.285. The van der Waals surface area contributed by atoms with Crippen LogP contribution in [0.2, 0.25) is 0 Å². The van der Waals surface area contributed by atoms with Gasteiger partial charge >= 0.3 is 5.97 Å². The van der Waals surface area contributed by atoms with Gasteiger partial charge in [0.1, 0.15) is 0 Å². The van der Waals surface area contributed by atoms with Crippen LogP contribution < -0.4 is 0 Å². The molecule has 136 valence electrons. The minimum atomic E-state index is -0.684. The van der Waals surface area contributed by atoms with Crippen molar-refractivity contribution in [2.45, 2.75) is 39.5 Å². The molecule has 0 amide bonds. The Labute approximate surface area is 154 Å². The molecular weight excluding hydrogens is 328 g/mol. The first-order chi connectivity index (χ1) is 12.6. The lowest BCUT2D eigenvalue weighted by Crippen LogP contribution is -2.20. The van der Waals surface area contributed by atoms with Crippen molar-refractivity contribution in [2.75, 3.05) is 6.61 Å². The highest BCUT2D eigenvalue weighted by atomic mass is 16.5. The number of Topliss-reactive ketones (excluding diaryl/α,β-unsaturated/α-hetero) is 2. The van der Waals surface area contributed by atoms with Crippen molar-refractivity contribution in [3.63, 3.8) is 0 Å². The van der Waals surface area contributed by atoms with Crippen LogP contribution in [0.1, 0.15) is 69.7 Å². The molecule has 0 aliphatic carbocycles. The molecule has 4 heteroatoms. The Morgan fingerprint density at radius 3 is 2.00 bits per heavy atom. The van der Waals surface area contributed by atoms with Crippen molar-refractivity contribution in [1.29, 1.82) is 0 Å². The third-order valence-corrected chi connectivity index (χ3v) is 4.18. The highest BCUT2D eigenvalue weighted by Gasteiger charge is 2.25. The molecule has 0 aliphatic rings. The first kappa shape index (κ1) is 19.6. The highest BCUT2D eigenvalue weighted by molar-refractivity contribution is 6.50. The zero-order valence-corrected chi connectivity index (χ0v) is 15.3. The van der Waals surface area contributed by atoms with Crippen molar-refractivity contribution in [2.24, 2.45) is 0 Å². The zero-order valence-electron chi connectivity index (χ0n) is 15.3. The summed E-state index contributed by atoms with van der Waals surface area (Å²) in [7, 11) is 0. The van der Waals surface area contributed by atoms with Crippen LogP contribution in [0.25, 0.3) is 0 Å². The number of unbranched alkanes of at least 4 members (excludes halogenated alkanes) is 2. The van der Waals surface area contributed by atoms with Crippen LogP contribution in [0.5, 0.6) is 0 Å². The maximum Gasteiger partial charge on any atom is 0.338 e. The molecule has 0 unspecified atom stereocenters. The van der Waals surface area contributed by atoms with Crippen LogP contribution in [-0.4, -0.2) is 24.1 Å². The predicted molar refractivity (Wildman–Crippen MR) is 101 cm³/mol. The number of carbonyl (C=O) groups excluding carboxylic acids is 3. The van der Waals surface area contributed by atoms with Gasteiger partial charge in [-0.3, -0.25) is 9.59 Å². The SMILES string of the molecule is CCCCCc1ccccc1C(=O)C(=O)c1ccccc1C(=O)OCC. The molecule has 0 N–H and O–H groups in total. The second-order valence-corrected chi connectivity index (χ2v) is 6.04.